The zero-order valence-corrected chi connectivity index (χ0v) is 13.4. The van der Waals surface area contributed by atoms with Gasteiger partial charge < -0.3 is 0 Å². The topological polar surface area (TPSA) is 3.24 Å². The molecule has 1 nitrogen and oxygen atoms in total. The second-order valence-electron chi connectivity index (χ2n) is 4.77. The van der Waals surface area contributed by atoms with Crippen molar-refractivity contribution >= 4 is 27.5 Å². The van der Waals surface area contributed by atoms with E-state index in [2.05, 4.69) is 65.1 Å². The average Bonchev–Trinajstić information content (AvgIpc) is 2.39. The molecule has 2 aromatic carbocycles. The summed E-state index contributed by atoms with van der Waals surface area (Å²) in [4.78, 5) is 2.32. The molecule has 2 aromatic rings. The Morgan fingerprint density at radius 2 is 1.84 bits per heavy atom. The first-order valence-corrected chi connectivity index (χ1v) is 7.43. The summed E-state index contributed by atoms with van der Waals surface area (Å²) in [6.45, 7) is 3.13. The van der Waals surface area contributed by atoms with Crippen LogP contribution < -0.4 is 0 Å². The molecule has 0 N–H and O–H groups in total. The van der Waals surface area contributed by atoms with Gasteiger partial charge in [-0.15, -0.1) is 0 Å². The standard InChI is InChI=1S/C16H17BrClN/c1-12(14-6-8-16(18)9-7-14)19(2)11-13-4-3-5-15(17)10-13/h3-10,12H,11H2,1-2H3. The lowest BCUT2D eigenvalue weighted by atomic mass is 10.1. The van der Waals surface area contributed by atoms with Crippen LogP contribution >= 0.6 is 27.5 Å². The van der Waals surface area contributed by atoms with Crippen molar-refractivity contribution in [3.05, 3.63) is 69.2 Å². The Balaban J connectivity index is 2.07. The van der Waals surface area contributed by atoms with Crippen molar-refractivity contribution in [2.24, 2.45) is 0 Å². The number of hydrogen-bond donors (Lipinski definition) is 0. The first-order chi connectivity index (χ1) is 9.06. The molecule has 0 bridgehead atoms. The van der Waals surface area contributed by atoms with Gasteiger partial charge in [0.05, 0.1) is 0 Å². The third kappa shape index (κ3) is 4.07. The molecule has 1 unspecified atom stereocenters. The van der Waals surface area contributed by atoms with E-state index < -0.39 is 0 Å². The highest BCUT2D eigenvalue weighted by atomic mass is 79.9. The Morgan fingerprint density at radius 1 is 1.16 bits per heavy atom. The summed E-state index contributed by atoms with van der Waals surface area (Å²) in [5.74, 6) is 0. The van der Waals surface area contributed by atoms with E-state index in [1.54, 1.807) is 0 Å². The van der Waals surface area contributed by atoms with E-state index in [1.165, 1.54) is 11.1 Å². The van der Waals surface area contributed by atoms with Gasteiger partial charge in [0, 0.05) is 22.1 Å². The van der Waals surface area contributed by atoms with Crippen molar-refractivity contribution in [1.29, 1.82) is 0 Å². The lowest BCUT2D eigenvalue weighted by Crippen LogP contribution is -2.21. The molecule has 0 aliphatic rings. The van der Waals surface area contributed by atoms with E-state index in [9.17, 15) is 0 Å². The Morgan fingerprint density at radius 3 is 2.47 bits per heavy atom. The van der Waals surface area contributed by atoms with Crippen LogP contribution in [-0.4, -0.2) is 11.9 Å². The van der Waals surface area contributed by atoms with Gasteiger partial charge in [0.2, 0.25) is 0 Å². The van der Waals surface area contributed by atoms with Gasteiger partial charge in [-0.1, -0.05) is 51.8 Å². The zero-order valence-electron chi connectivity index (χ0n) is 11.1. The molecule has 0 heterocycles. The van der Waals surface area contributed by atoms with Gasteiger partial charge in [-0.2, -0.15) is 0 Å². The monoisotopic (exact) mass is 337 g/mol. The summed E-state index contributed by atoms with van der Waals surface area (Å²) in [6, 6.07) is 16.8. The molecule has 3 heteroatoms. The van der Waals surface area contributed by atoms with Crippen LogP contribution in [0.3, 0.4) is 0 Å². The fourth-order valence-electron chi connectivity index (χ4n) is 2.06. The van der Waals surface area contributed by atoms with Crippen molar-refractivity contribution in [2.75, 3.05) is 7.05 Å². The quantitative estimate of drug-likeness (QED) is 0.731. The van der Waals surface area contributed by atoms with E-state index >= 15 is 0 Å². The molecule has 0 aromatic heterocycles. The van der Waals surface area contributed by atoms with E-state index in [1.807, 2.05) is 18.2 Å². The average molecular weight is 339 g/mol. The largest absolute Gasteiger partial charge is 0.295 e. The van der Waals surface area contributed by atoms with Crippen LogP contribution in [0.2, 0.25) is 5.02 Å². The molecule has 0 radical (unpaired) electrons. The van der Waals surface area contributed by atoms with Crippen LogP contribution in [0, 0.1) is 0 Å². The van der Waals surface area contributed by atoms with Gasteiger partial charge in [-0.3, -0.25) is 4.90 Å². The highest BCUT2D eigenvalue weighted by Gasteiger charge is 2.11. The summed E-state index contributed by atoms with van der Waals surface area (Å²) in [5.41, 5.74) is 2.58. The maximum absolute atomic E-state index is 5.92. The smallest absolute Gasteiger partial charge is 0.0406 e. The summed E-state index contributed by atoms with van der Waals surface area (Å²) in [5, 5.41) is 0.783. The minimum atomic E-state index is 0.358. The molecule has 2 rings (SSSR count). The molecular formula is C16H17BrClN. The molecule has 19 heavy (non-hydrogen) atoms. The molecule has 0 saturated heterocycles. The molecule has 1 atom stereocenters. The summed E-state index contributed by atoms with van der Waals surface area (Å²) in [7, 11) is 2.14. The number of benzene rings is 2. The summed E-state index contributed by atoms with van der Waals surface area (Å²) in [6.07, 6.45) is 0. The van der Waals surface area contributed by atoms with Crippen LogP contribution in [0.15, 0.2) is 53.0 Å². The first-order valence-electron chi connectivity index (χ1n) is 6.26. The maximum atomic E-state index is 5.92. The van der Waals surface area contributed by atoms with Crippen molar-refractivity contribution in [2.45, 2.75) is 19.5 Å². The minimum absolute atomic E-state index is 0.358. The lowest BCUT2D eigenvalue weighted by molar-refractivity contribution is 0.253. The normalized spacial score (nSPS) is 12.7. The lowest BCUT2D eigenvalue weighted by Gasteiger charge is -2.25. The van der Waals surface area contributed by atoms with Gasteiger partial charge in [0.15, 0.2) is 0 Å². The summed E-state index contributed by atoms with van der Waals surface area (Å²) < 4.78 is 1.12. The Labute approximate surface area is 128 Å². The third-order valence-electron chi connectivity index (χ3n) is 3.33. The van der Waals surface area contributed by atoms with Crippen LogP contribution in [0.5, 0.6) is 0 Å². The van der Waals surface area contributed by atoms with E-state index in [4.69, 9.17) is 11.6 Å². The molecule has 100 valence electrons. The van der Waals surface area contributed by atoms with Gasteiger partial charge in [-0.25, -0.2) is 0 Å². The SMILES string of the molecule is CC(c1ccc(Cl)cc1)N(C)Cc1cccc(Br)c1. The number of nitrogens with zero attached hydrogens (tertiary/aromatic N) is 1. The van der Waals surface area contributed by atoms with Crippen LogP contribution in [0.4, 0.5) is 0 Å². The molecular weight excluding hydrogens is 322 g/mol. The first kappa shape index (κ1) is 14.6. The van der Waals surface area contributed by atoms with Gasteiger partial charge in [-0.05, 0) is 49.4 Å². The predicted molar refractivity (Wildman–Crippen MR) is 85.5 cm³/mol. The molecule has 0 fully saturated rings. The Kier molecular flexibility index (Phi) is 5.03. The number of rotatable bonds is 4. The van der Waals surface area contributed by atoms with Gasteiger partial charge in [0.1, 0.15) is 0 Å². The van der Waals surface area contributed by atoms with E-state index in [0.29, 0.717) is 6.04 Å². The van der Waals surface area contributed by atoms with Crippen molar-refractivity contribution < 1.29 is 0 Å². The van der Waals surface area contributed by atoms with E-state index in [-0.39, 0.29) is 0 Å². The fourth-order valence-corrected chi connectivity index (χ4v) is 2.63. The van der Waals surface area contributed by atoms with Crippen LogP contribution in [-0.2, 0) is 6.54 Å². The molecule has 0 aliphatic carbocycles. The Bertz CT molecular complexity index is 539. The van der Waals surface area contributed by atoms with Crippen LogP contribution in [0.25, 0.3) is 0 Å². The van der Waals surface area contributed by atoms with Crippen molar-refractivity contribution in [3.8, 4) is 0 Å². The molecule has 0 saturated carbocycles. The number of halogens is 2. The second kappa shape index (κ2) is 6.56. The van der Waals surface area contributed by atoms with Gasteiger partial charge in [0.25, 0.3) is 0 Å². The molecule has 0 amide bonds. The Hall–Kier alpha value is -0.830. The third-order valence-corrected chi connectivity index (χ3v) is 4.08. The van der Waals surface area contributed by atoms with Crippen molar-refractivity contribution in [3.63, 3.8) is 0 Å². The number of hydrogen-bond acceptors (Lipinski definition) is 1. The van der Waals surface area contributed by atoms with Gasteiger partial charge >= 0.3 is 0 Å². The highest BCUT2D eigenvalue weighted by Crippen LogP contribution is 2.23. The van der Waals surface area contributed by atoms with Crippen LogP contribution in [0.1, 0.15) is 24.1 Å². The minimum Gasteiger partial charge on any atom is -0.295 e. The van der Waals surface area contributed by atoms with E-state index in [0.717, 1.165) is 16.0 Å². The van der Waals surface area contributed by atoms with Crippen molar-refractivity contribution in [1.82, 2.24) is 4.90 Å². The second-order valence-corrected chi connectivity index (χ2v) is 6.12. The maximum Gasteiger partial charge on any atom is 0.0406 e. The summed E-state index contributed by atoms with van der Waals surface area (Å²) >= 11 is 9.43. The molecule has 0 spiro atoms. The fraction of sp³-hybridized carbons (Fsp3) is 0.250. The zero-order chi connectivity index (χ0) is 13.8. The molecule has 0 aliphatic heterocycles. The highest BCUT2D eigenvalue weighted by molar-refractivity contribution is 9.10. The predicted octanol–water partition coefficient (Wildman–Crippen LogP) is 5.30.